The second-order valence-corrected chi connectivity index (χ2v) is 8.07. The molecule has 2 aromatic heterocycles. The second-order valence-electron chi connectivity index (χ2n) is 7.26. The van der Waals surface area contributed by atoms with Crippen LogP contribution < -0.4 is 39.4 Å². The summed E-state index contributed by atoms with van der Waals surface area (Å²) in [4.78, 5) is 15.2. The Labute approximate surface area is 216 Å². The Kier molecular flexibility index (Phi) is 7.90. The molecule has 0 aliphatic heterocycles. The molecule has 0 aliphatic rings. The average Bonchev–Trinajstić information content (AvgIpc) is 3.33. The summed E-state index contributed by atoms with van der Waals surface area (Å²) < 4.78 is 12.8. The summed E-state index contributed by atoms with van der Waals surface area (Å²) in [7, 11) is 0. The van der Waals surface area contributed by atoms with Gasteiger partial charge < -0.3 is 23.7 Å². The van der Waals surface area contributed by atoms with Crippen LogP contribution in [-0.2, 0) is 11.3 Å². The minimum absolute atomic E-state index is 0. The quantitative estimate of drug-likeness (QED) is 0.372. The molecule has 0 atom stereocenters. The van der Waals surface area contributed by atoms with E-state index in [4.69, 9.17) is 32.5 Å². The monoisotopic (exact) mass is 481 g/mol. The molecule has 4 rings (SSSR count). The van der Waals surface area contributed by atoms with E-state index in [0.29, 0.717) is 38.6 Å². The molecule has 7 nitrogen and oxygen atoms in total. The first kappa shape index (κ1) is 24.6. The van der Waals surface area contributed by atoms with E-state index in [2.05, 4.69) is 10.1 Å². The minimum Gasteiger partial charge on any atom is -0.550 e. The smallest absolute Gasteiger partial charge is 0.550 e. The van der Waals surface area contributed by atoms with Crippen LogP contribution in [0.5, 0.6) is 5.75 Å². The molecule has 0 unspecified atom stereocenters. The van der Waals surface area contributed by atoms with Gasteiger partial charge in [-0.2, -0.15) is 4.98 Å². The summed E-state index contributed by atoms with van der Waals surface area (Å²) in [6.45, 7) is 4.12. The van der Waals surface area contributed by atoms with E-state index in [-0.39, 0.29) is 48.6 Å². The van der Waals surface area contributed by atoms with Crippen molar-refractivity contribution in [3.05, 3.63) is 52.6 Å². The van der Waals surface area contributed by atoms with Crippen molar-refractivity contribution in [2.45, 2.75) is 32.9 Å². The average molecular weight is 482 g/mol. The molecular formula is C22H18Cl2N3NaO4. The third-order valence-corrected chi connectivity index (χ3v) is 5.21. The Morgan fingerprint density at radius 3 is 2.59 bits per heavy atom. The number of carboxylic acids is 1. The number of aliphatic carboxylic acids is 1. The van der Waals surface area contributed by atoms with Gasteiger partial charge in [-0.3, -0.25) is 0 Å². The molecular weight excluding hydrogens is 464 g/mol. The number of benzene rings is 2. The molecule has 0 N–H and O–H groups in total. The number of nitrogens with zero attached hydrogens (tertiary/aromatic N) is 3. The molecule has 0 saturated heterocycles. The van der Waals surface area contributed by atoms with Gasteiger partial charge in [0.25, 0.3) is 5.89 Å². The van der Waals surface area contributed by atoms with Gasteiger partial charge in [-0.15, -0.1) is 0 Å². The Morgan fingerprint density at radius 2 is 1.91 bits per heavy atom. The van der Waals surface area contributed by atoms with Crippen LogP contribution in [0.1, 0.15) is 20.3 Å². The first-order valence-electron chi connectivity index (χ1n) is 9.60. The maximum absolute atomic E-state index is 10.8. The van der Waals surface area contributed by atoms with Crippen molar-refractivity contribution in [1.29, 1.82) is 0 Å². The van der Waals surface area contributed by atoms with Crippen molar-refractivity contribution in [1.82, 2.24) is 14.7 Å². The van der Waals surface area contributed by atoms with Crippen molar-refractivity contribution in [2.24, 2.45) is 0 Å². The largest absolute Gasteiger partial charge is 1.00 e. The molecule has 2 heterocycles. The summed E-state index contributed by atoms with van der Waals surface area (Å²) >= 11 is 12.7. The van der Waals surface area contributed by atoms with Gasteiger partial charge >= 0.3 is 29.6 Å². The van der Waals surface area contributed by atoms with E-state index < -0.39 is 5.97 Å². The SMILES string of the molecule is CC(C)Oc1ccc(-c2nc(-c3ccc4c(c3)c(Cl)cn4CCC(=O)[O-])no2)cc1Cl.[Na+]. The molecule has 0 radical (unpaired) electrons. The van der Waals surface area contributed by atoms with Gasteiger partial charge in [0.2, 0.25) is 5.82 Å². The normalized spacial score (nSPS) is 11.0. The molecule has 160 valence electrons. The second kappa shape index (κ2) is 10.3. The first-order valence-corrected chi connectivity index (χ1v) is 10.4. The number of halogens is 2. The van der Waals surface area contributed by atoms with Gasteiger partial charge in [-0.05, 0) is 50.2 Å². The molecule has 10 heteroatoms. The van der Waals surface area contributed by atoms with Crippen molar-refractivity contribution in [2.75, 3.05) is 0 Å². The minimum atomic E-state index is -1.11. The van der Waals surface area contributed by atoms with Gasteiger partial charge in [0.15, 0.2) is 0 Å². The van der Waals surface area contributed by atoms with Crippen LogP contribution in [0.2, 0.25) is 10.0 Å². The number of carbonyl (C=O) groups excluding carboxylic acids is 1. The van der Waals surface area contributed by atoms with Crippen molar-refractivity contribution in [3.8, 4) is 28.6 Å². The number of carbonyl (C=O) groups is 1. The third kappa shape index (κ3) is 5.30. The third-order valence-electron chi connectivity index (χ3n) is 4.62. The zero-order valence-electron chi connectivity index (χ0n) is 17.8. The van der Waals surface area contributed by atoms with Crippen LogP contribution in [0.25, 0.3) is 33.7 Å². The summed E-state index contributed by atoms with van der Waals surface area (Å²) in [6.07, 6.45) is 1.61. The van der Waals surface area contributed by atoms with Crippen molar-refractivity contribution < 1.29 is 48.7 Å². The van der Waals surface area contributed by atoms with Crippen LogP contribution in [0.3, 0.4) is 0 Å². The van der Waals surface area contributed by atoms with E-state index >= 15 is 0 Å². The van der Waals surface area contributed by atoms with Gasteiger partial charge in [0.1, 0.15) is 5.75 Å². The number of rotatable bonds is 7. The van der Waals surface area contributed by atoms with E-state index in [9.17, 15) is 9.90 Å². The predicted molar refractivity (Wildman–Crippen MR) is 116 cm³/mol. The van der Waals surface area contributed by atoms with Crippen molar-refractivity contribution in [3.63, 3.8) is 0 Å². The summed E-state index contributed by atoms with van der Waals surface area (Å²) in [5.41, 5.74) is 2.20. The molecule has 0 aliphatic carbocycles. The number of aromatic nitrogens is 3. The molecule has 0 saturated carbocycles. The van der Waals surface area contributed by atoms with Gasteiger partial charge in [-0.25, -0.2) is 0 Å². The fraction of sp³-hybridized carbons (Fsp3) is 0.227. The van der Waals surface area contributed by atoms with Crippen molar-refractivity contribution >= 4 is 40.1 Å². The van der Waals surface area contributed by atoms with Gasteiger partial charge in [0, 0.05) is 47.2 Å². The maximum atomic E-state index is 10.8. The Bertz CT molecular complexity index is 1270. The Hall–Kier alpha value is -2.03. The first-order chi connectivity index (χ1) is 14.8. The molecule has 0 bridgehead atoms. The topological polar surface area (TPSA) is 93.2 Å². The van der Waals surface area contributed by atoms with Crippen LogP contribution in [-0.4, -0.2) is 26.8 Å². The molecule has 4 aromatic rings. The molecule has 0 spiro atoms. The molecule has 2 aromatic carbocycles. The van der Waals surface area contributed by atoms with Gasteiger partial charge in [-0.1, -0.05) is 28.4 Å². The van der Waals surface area contributed by atoms with E-state index in [1.807, 2.05) is 32.0 Å². The predicted octanol–water partition coefficient (Wildman–Crippen LogP) is 1.60. The Balaban J connectivity index is 0.00000289. The summed E-state index contributed by atoms with van der Waals surface area (Å²) in [6, 6.07) is 10.8. The number of ether oxygens (including phenoxy) is 1. The fourth-order valence-electron chi connectivity index (χ4n) is 3.23. The standard InChI is InChI=1S/C22H19Cl2N3O4.Na/c1-12(2)30-19-6-4-14(10-16(19)23)22-25-21(26-31-22)13-3-5-18-15(9-13)17(24)11-27(18)8-7-20(28)29;/h3-6,9-12H,7-8H2,1-2H3,(H,28,29);/q;+1/p-1. The zero-order valence-corrected chi connectivity index (χ0v) is 21.3. The van der Waals surface area contributed by atoms with Crippen LogP contribution in [0, 0.1) is 0 Å². The number of aryl methyl sites for hydroxylation is 1. The number of fused-ring (bicyclic) bond motifs is 1. The zero-order chi connectivity index (χ0) is 22.1. The summed E-state index contributed by atoms with van der Waals surface area (Å²) in [5, 5.41) is 16.6. The van der Waals surface area contributed by atoms with Crippen LogP contribution >= 0.6 is 23.2 Å². The molecule has 0 amide bonds. The Morgan fingerprint density at radius 1 is 1.16 bits per heavy atom. The van der Waals surface area contributed by atoms with Crippen LogP contribution in [0.15, 0.2) is 47.1 Å². The van der Waals surface area contributed by atoms with E-state index in [1.165, 1.54) is 0 Å². The number of hydrogen-bond donors (Lipinski definition) is 0. The maximum Gasteiger partial charge on any atom is 1.00 e. The van der Waals surface area contributed by atoms with Crippen LogP contribution in [0.4, 0.5) is 0 Å². The number of hydrogen-bond acceptors (Lipinski definition) is 6. The fourth-order valence-corrected chi connectivity index (χ4v) is 3.73. The van der Waals surface area contributed by atoms with Gasteiger partial charge in [0.05, 0.1) is 16.1 Å². The van der Waals surface area contributed by atoms with E-state index in [0.717, 1.165) is 10.9 Å². The summed E-state index contributed by atoms with van der Waals surface area (Å²) in [5.74, 6) is 0.195. The molecule has 32 heavy (non-hydrogen) atoms. The van der Waals surface area contributed by atoms with E-state index in [1.54, 1.807) is 29.0 Å². The number of carboxylic acid groups (broad SMARTS) is 1. The molecule has 0 fully saturated rings.